The summed E-state index contributed by atoms with van der Waals surface area (Å²) in [7, 11) is 0. The van der Waals surface area contributed by atoms with Crippen LogP contribution in [0.5, 0.6) is 5.75 Å². The molecule has 9 nitrogen and oxygen atoms in total. The van der Waals surface area contributed by atoms with Crippen LogP contribution in [0, 0.1) is 18.3 Å². The van der Waals surface area contributed by atoms with Gasteiger partial charge in [-0.2, -0.15) is 5.26 Å². The molecule has 4 rings (SSSR count). The summed E-state index contributed by atoms with van der Waals surface area (Å²) in [6.07, 6.45) is 0. The van der Waals surface area contributed by atoms with Crippen molar-refractivity contribution in [1.29, 1.82) is 5.26 Å². The second-order valence-electron chi connectivity index (χ2n) is 6.81. The Bertz CT molecular complexity index is 1090. The summed E-state index contributed by atoms with van der Waals surface area (Å²) in [6.45, 7) is 6.62. The number of carbonyl (C=O) groups excluding carboxylic acids is 1. The minimum absolute atomic E-state index is 0.0596. The summed E-state index contributed by atoms with van der Waals surface area (Å²) in [5.41, 5.74) is 2.03. The third-order valence-electron chi connectivity index (χ3n) is 4.82. The summed E-state index contributed by atoms with van der Waals surface area (Å²) in [4.78, 5) is 28.3. The molecule has 3 aromatic rings. The summed E-state index contributed by atoms with van der Waals surface area (Å²) in [5, 5.41) is 9.90. The predicted molar refractivity (Wildman–Crippen MR) is 113 cm³/mol. The van der Waals surface area contributed by atoms with Crippen molar-refractivity contribution >= 4 is 34.6 Å². The molecule has 1 amide bonds. The molecule has 0 spiro atoms. The Morgan fingerprint density at radius 2 is 2.13 bits per heavy atom. The lowest BCUT2D eigenvalue weighted by molar-refractivity contribution is -0.128. The molecule has 1 aromatic carbocycles. The van der Waals surface area contributed by atoms with E-state index < -0.39 is 0 Å². The first-order valence-electron chi connectivity index (χ1n) is 9.73. The maximum absolute atomic E-state index is 12.6. The van der Waals surface area contributed by atoms with E-state index in [2.05, 4.69) is 21.0 Å². The number of aromatic amines is 1. The number of anilines is 1. The van der Waals surface area contributed by atoms with Gasteiger partial charge in [-0.15, -0.1) is 0 Å². The highest BCUT2D eigenvalue weighted by Crippen LogP contribution is 2.25. The number of nitriles is 1. The highest BCUT2D eigenvalue weighted by atomic mass is 32.2. The van der Waals surface area contributed by atoms with Crippen molar-refractivity contribution in [3.63, 3.8) is 0 Å². The number of carbonyl (C=O) groups is 1. The number of H-pyrrole nitrogens is 1. The second-order valence-corrected chi connectivity index (χ2v) is 7.77. The number of amides is 1. The lowest BCUT2D eigenvalue weighted by Crippen LogP contribution is -2.49. The Balaban J connectivity index is 1.32. The molecule has 0 saturated carbocycles. The minimum Gasteiger partial charge on any atom is -0.494 e. The summed E-state index contributed by atoms with van der Waals surface area (Å²) >= 11 is 1.39. The van der Waals surface area contributed by atoms with Gasteiger partial charge in [0.05, 0.1) is 23.4 Å². The second kappa shape index (κ2) is 8.67. The molecule has 1 fully saturated rings. The van der Waals surface area contributed by atoms with E-state index in [1.165, 1.54) is 11.8 Å². The fourth-order valence-electron chi connectivity index (χ4n) is 3.37. The van der Waals surface area contributed by atoms with Gasteiger partial charge in [0.15, 0.2) is 11.0 Å². The highest BCUT2D eigenvalue weighted by Gasteiger charge is 2.25. The summed E-state index contributed by atoms with van der Waals surface area (Å²) in [5.74, 6) is 2.12. The molecule has 0 aliphatic carbocycles. The molecule has 30 heavy (non-hydrogen) atoms. The Hall–Kier alpha value is -3.19. The minimum atomic E-state index is 0.0596. The Morgan fingerprint density at radius 1 is 1.33 bits per heavy atom. The van der Waals surface area contributed by atoms with Crippen molar-refractivity contribution in [2.45, 2.75) is 19.0 Å². The Kier molecular flexibility index (Phi) is 5.81. The smallest absolute Gasteiger partial charge is 0.234 e. The van der Waals surface area contributed by atoms with E-state index in [4.69, 9.17) is 9.15 Å². The number of imidazole rings is 1. The van der Waals surface area contributed by atoms with Crippen molar-refractivity contribution in [1.82, 2.24) is 19.9 Å². The third kappa shape index (κ3) is 4.21. The van der Waals surface area contributed by atoms with Crippen molar-refractivity contribution < 1.29 is 13.9 Å². The van der Waals surface area contributed by atoms with Gasteiger partial charge in [-0.3, -0.25) is 4.79 Å². The number of fused-ring (bicyclic) bond motifs is 1. The van der Waals surface area contributed by atoms with Crippen LogP contribution in [0.3, 0.4) is 0 Å². The molecule has 156 valence electrons. The van der Waals surface area contributed by atoms with E-state index in [1.54, 1.807) is 6.92 Å². The number of ether oxygens (including phenoxy) is 1. The van der Waals surface area contributed by atoms with Gasteiger partial charge in [-0.1, -0.05) is 11.8 Å². The van der Waals surface area contributed by atoms with E-state index in [0.717, 1.165) is 16.8 Å². The zero-order valence-corrected chi connectivity index (χ0v) is 17.7. The van der Waals surface area contributed by atoms with Gasteiger partial charge in [0, 0.05) is 39.2 Å². The van der Waals surface area contributed by atoms with E-state index in [9.17, 15) is 10.1 Å². The molecular formula is C20H22N6O3S. The number of nitrogens with one attached hydrogen (secondary N) is 1. The van der Waals surface area contributed by atoms with E-state index in [-0.39, 0.29) is 5.91 Å². The number of thioether (sulfide) groups is 1. The van der Waals surface area contributed by atoms with Crippen molar-refractivity contribution in [3.8, 4) is 11.8 Å². The van der Waals surface area contributed by atoms with Gasteiger partial charge in [0.25, 0.3) is 0 Å². The fourth-order valence-corrected chi connectivity index (χ4v) is 4.16. The molecule has 10 heteroatoms. The summed E-state index contributed by atoms with van der Waals surface area (Å²) < 4.78 is 11.1. The number of piperazine rings is 1. The first-order chi connectivity index (χ1) is 14.6. The van der Waals surface area contributed by atoms with Gasteiger partial charge < -0.3 is 23.9 Å². The molecule has 1 aliphatic rings. The standard InChI is InChI=1S/C20H22N6O3S/c1-3-28-14-4-5-15-16(10-14)24-20(23-15)30-12-18(27)25-6-8-26(9-7-25)19-17(11-21)22-13(2)29-19/h4-5,10H,3,6-9,12H2,1-2H3,(H,23,24). The topological polar surface area (TPSA) is 111 Å². The van der Waals surface area contributed by atoms with Crippen LogP contribution in [0.4, 0.5) is 5.88 Å². The van der Waals surface area contributed by atoms with Crippen LogP contribution in [0.1, 0.15) is 18.5 Å². The lowest BCUT2D eigenvalue weighted by atomic mass is 10.3. The number of hydrogen-bond acceptors (Lipinski definition) is 8. The maximum Gasteiger partial charge on any atom is 0.234 e. The molecule has 2 aromatic heterocycles. The molecular weight excluding hydrogens is 404 g/mol. The normalized spacial score (nSPS) is 14.2. The molecule has 0 unspecified atom stereocenters. The SMILES string of the molecule is CCOc1ccc2nc(SCC(=O)N3CCN(c4oc(C)nc4C#N)CC3)[nH]c2c1. The first-order valence-corrected chi connectivity index (χ1v) is 10.7. The van der Waals surface area contributed by atoms with Crippen LogP contribution in [-0.2, 0) is 4.79 Å². The van der Waals surface area contributed by atoms with Crippen LogP contribution >= 0.6 is 11.8 Å². The van der Waals surface area contributed by atoms with E-state index in [1.807, 2.05) is 34.9 Å². The van der Waals surface area contributed by atoms with Crippen LogP contribution in [-0.4, -0.2) is 64.3 Å². The van der Waals surface area contributed by atoms with Gasteiger partial charge >= 0.3 is 0 Å². The summed E-state index contributed by atoms with van der Waals surface area (Å²) in [6, 6.07) is 7.77. The zero-order chi connectivity index (χ0) is 21.1. The van der Waals surface area contributed by atoms with Crippen LogP contribution in [0.2, 0.25) is 0 Å². The number of benzene rings is 1. The third-order valence-corrected chi connectivity index (χ3v) is 5.67. The van der Waals surface area contributed by atoms with Gasteiger partial charge in [-0.05, 0) is 19.1 Å². The van der Waals surface area contributed by atoms with Gasteiger partial charge in [0.1, 0.15) is 11.8 Å². The van der Waals surface area contributed by atoms with Crippen molar-refractivity contribution in [3.05, 3.63) is 29.8 Å². The molecule has 0 atom stereocenters. The number of aromatic nitrogens is 3. The van der Waals surface area contributed by atoms with Crippen molar-refractivity contribution in [2.75, 3.05) is 43.4 Å². The monoisotopic (exact) mass is 426 g/mol. The number of aryl methyl sites for hydroxylation is 1. The molecule has 3 heterocycles. The average Bonchev–Trinajstić information content (AvgIpc) is 3.34. The quantitative estimate of drug-likeness (QED) is 0.599. The van der Waals surface area contributed by atoms with Crippen LogP contribution in [0.15, 0.2) is 27.8 Å². The largest absolute Gasteiger partial charge is 0.494 e. The van der Waals surface area contributed by atoms with Crippen LogP contribution < -0.4 is 9.64 Å². The molecule has 0 bridgehead atoms. The predicted octanol–water partition coefficient (Wildman–Crippen LogP) is 2.57. The van der Waals surface area contributed by atoms with Crippen molar-refractivity contribution in [2.24, 2.45) is 0 Å². The fraction of sp³-hybridized carbons (Fsp3) is 0.400. The lowest BCUT2D eigenvalue weighted by Gasteiger charge is -2.34. The molecule has 0 radical (unpaired) electrons. The number of oxazole rings is 1. The van der Waals surface area contributed by atoms with Gasteiger partial charge in [0.2, 0.25) is 17.5 Å². The molecule has 1 N–H and O–H groups in total. The molecule has 1 saturated heterocycles. The van der Waals surface area contributed by atoms with Crippen LogP contribution in [0.25, 0.3) is 11.0 Å². The highest BCUT2D eigenvalue weighted by molar-refractivity contribution is 7.99. The number of nitrogens with zero attached hydrogens (tertiary/aromatic N) is 5. The zero-order valence-electron chi connectivity index (χ0n) is 16.8. The average molecular weight is 427 g/mol. The molecule has 1 aliphatic heterocycles. The van der Waals surface area contributed by atoms with E-state index >= 15 is 0 Å². The number of rotatable bonds is 6. The van der Waals surface area contributed by atoms with Gasteiger partial charge in [-0.25, -0.2) is 9.97 Å². The Morgan fingerprint density at radius 3 is 2.87 bits per heavy atom. The Labute approximate surface area is 178 Å². The maximum atomic E-state index is 12.6. The van der Waals surface area contributed by atoms with E-state index in [0.29, 0.717) is 61.2 Å². The number of hydrogen-bond donors (Lipinski definition) is 1. The first kappa shape index (κ1) is 20.1.